The number of aliphatic hydroxyl groups is 2. The minimum absolute atomic E-state index is 0.237. The lowest BCUT2D eigenvalue weighted by Gasteiger charge is -2.35. The van der Waals surface area contributed by atoms with E-state index in [2.05, 4.69) is 4.99 Å². The summed E-state index contributed by atoms with van der Waals surface area (Å²) >= 11 is 5.87. The fourth-order valence-corrected chi connectivity index (χ4v) is 2.48. The number of rotatable bonds is 3. The van der Waals surface area contributed by atoms with Crippen molar-refractivity contribution >= 4 is 17.8 Å². The summed E-state index contributed by atoms with van der Waals surface area (Å²) in [5, 5.41) is 20.8. The molecule has 0 spiro atoms. The van der Waals surface area contributed by atoms with E-state index in [-0.39, 0.29) is 6.54 Å². The number of aliphatic hydroxyl groups excluding tert-OH is 1. The molecule has 0 unspecified atom stereocenters. The summed E-state index contributed by atoms with van der Waals surface area (Å²) < 4.78 is 0. The van der Waals surface area contributed by atoms with E-state index < -0.39 is 11.7 Å². The average Bonchev–Trinajstić information content (AvgIpc) is 2.33. The number of benzene rings is 1. The third-order valence-corrected chi connectivity index (χ3v) is 3.65. The molecule has 1 aliphatic rings. The highest BCUT2D eigenvalue weighted by Crippen LogP contribution is 2.28. The molecule has 0 saturated heterocycles. The van der Waals surface area contributed by atoms with Gasteiger partial charge in [-0.05, 0) is 30.5 Å². The molecule has 1 aromatic carbocycles. The van der Waals surface area contributed by atoms with Crippen LogP contribution >= 0.6 is 11.6 Å². The van der Waals surface area contributed by atoms with Gasteiger partial charge in [0.15, 0.2) is 0 Å². The molecule has 1 aromatic rings. The van der Waals surface area contributed by atoms with Crippen molar-refractivity contribution in [2.75, 3.05) is 6.54 Å². The Morgan fingerprint density at radius 1 is 1.44 bits per heavy atom. The van der Waals surface area contributed by atoms with Gasteiger partial charge in [0.2, 0.25) is 0 Å². The van der Waals surface area contributed by atoms with Crippen LogP contribution in [0.5, 0.6) is 0 Å². The molecule has 0 heterocycles. The van der Waals surface area contributed by atoms with Crippen LogP contribution < -0.4 is 0 Å². The van der Waals surface area contributed by atoms with Gasteiger partial charge in [0.05, 0.1) is 12.6 Å². The zero-order valence-corrected chi connectivity index (χ0v) is 11.0. The largest absolute Gasteiger partial charge is 0.390 e. The Balaban J connectivity index is 1.98. The van der Waals surface area contributed by atoms with Gasteiger partial charge in [0.1, 0.15) is 5.60 Å². The second kappa shape index (κ2) is 5.83. The summed E-state index contributed by atoms with van der Waals surface area (Å²) in [6, 6.07) is 7.37. The van der Waals surface area contributed by atoms with Crippen LogP contribution in [0.2, 0.25) is 5.02 Å². The maximum absolute atomic E-state index is 10.3. The van der Waals surface area contributed by atoms with Crippen LogP contribution in [-0.2, 0) is 0 Å². The normalized spacial score (nSPS) is 28.7. The van der Waals surface area contributed by atoms with Gasteiger partial charge in [-0.25, -0.2) is 0 Å². The first kappa shape index (κ1) is 13.5. The summed E-state index contributed by atoms with van der Waals surface area (Å²) in [6.45, 7) is 0.237. The third-order valence-electron chi connectivity index (χ3n) is 3.41. The SMILES string of the molecule is O[C@H]1CCCC[C@@]1(O)CN=Cc1cccc(Cl)c1. The first-order valence-corrected chi connectivity index (χ1v) is 6.64. The standard InChI is InChI=1S/C14H18ClNO2/c15-12-5-3-4-11(8-12)9-16-10-14(18)7-2-1-6-13(14)17/h3-5,8-9,13,17-18H,1-2,6-7,10H2/t13-,14+/m0/s1. The molecular formula is C14H18ClNO2. The lowest BCUT2D eigenvalue weighted by Crippen LogP contribution is -2.47. The Bertz CT molecular complexity index is 436. The summed E-state index contributed by atoms with van der Waals surface area (Å²) in [7, 11) is 0. The maximum Gasteiger partial charge on any atom is 0.110 e. The monoisotopic (exact) mass is 267 g/mol. The number of aliphatic imine (C=N–C) groups is 1. The lowest BCUT2D eigenvalue weighted by molar-refractivity contribution is -0.0921. The molecule has 0 aromatic heterocycles. The van der Waals surface area contributed by atoms with Crippen molar-refractivity contribution in [1.29, 1.82) is 0 Å². The van der Waals surface area contributed by atoms with Crippen molar-refractivity contribution in [2.45, 2.75) is 37.4 Å². The van der Waals surface area contributed by atoms with E-state index in [1.807, 2.05) is 18.2 Å². The van der Waals surface area contributed by atoms with Crippen LogP contribution in [-0.4, -0.2) is 34.7 Å². The van der Waals surface area contributed by atoms with Gasteiger partial charge in [-0.15, -0.1) is 0 Å². The van der Waals surface area contributed by atoms with Crippen molar-refractivity contribution < 1.29 is 10.2 Å². The highest BCUT2D eigenvalue weighted by molar-refractivity contribution is 6.30. The van der Waals surface area contributed by atoms with Crippen molar-refractivity contribution in [2.24, 2.45) is 4.99 Å². The van der Waals surface area contributed by atoms with E-state index >= 15 is 0 Å². The molecule has 1 aliphatic carbocycles. The summed E-state index contributed by atoms with van der Waals surface area (Å²) in [6.07, 6.45) is 4.21. The van der Waals surface area contributed by atoms with Gasteiger partial charge < -0.3 is 10.2 Å². The second-order valence-corrected chi connectivity index (χ2v) is 5.33. The maximum atomic E-state index is 10.3. The van der Waals surface area contributed by atoms with Crippen LogP contribution in [0.3, 0.4) is 0 Å². The van der Waals surface area contributed by atoms with Crippen molar-refractivity contribution in [1.82, 2.24) is 0 Å². The van der Waals surface area contributed by atoms with Gasteiger partial charge in [-0.3, -0.25) is 4.99 Å². The molecule has 0 aliphatic heterocycles. The molecule has 18 heavy (non-hydrogen) atoms. The van der Waals surface area contributed by atoms with Crippen LogP contribution in [0.25, 0.3) is 0 Å². The fourth-order valence-electron chi connectivity index (χ4n) is 2.28. The highest BCUT2D eigenvalue weighted by atomic mass is 35.5. The lowest BCUT2D eigenvalue weighted by atomic mass is 9.82. The van der Waals surface area contributed by atoms with Crippen molar-refractivity contribution in [3.8, 4) is 0 Å². The molecule has 3 nitrogen and oxygen atoms in total. The zero-order chi connectivity index (χ0) is 13.0. The highest BCUT2D eigenvalue weighted by Gasteiger charge is 2.37. The van der Waals surface area contributed by atoms with E-state index in [4.69, 9.17) is 11.6 Å². The Morgan fingerprint density at radius 2 is 2.28 bits per heavy atom. The molecule has 2 rings (SSSR count). The molecule has 0 bridgehead atoms. The fraction of sp³-hybridized carbons (Fsp3) is 0.500. The van der Waals surface area contributed by atoms with Crippen LogP contribution in [0.4, 0.5) is 0 Å². The van der Waals surface area contributed by atoms with E-state index in [1.165, 1.54) is 0 Å². The average molecular weight is 268 g/mol. The Morgan fingerprint density at radius 3 is 3.00 bits per heavy atom. The Hall–Kier alpha value is -0.900. The molecule has 1 saturated carbocycles. The first-order chi connectivity index (χ1) is 8.60. The molecule has 98 valence electrons. The molecule has 0 radical (unpaired) electrons. The number of hydrogen-bond donors (Lipinski definition) is 2. The Labute approximate surface area is 112 Å². The van der Waals surface area contributed by atoms with Gasteiger partial charge in [-0.2, -0.15) is 0 Å². The van der Waals surface area contributed by atoms with E-state index in [0.717, 1.165) is 18.4 Å². The molecule has 1 fully saturated rings. The third kappa shape index (κ3) is 3.31. The van der Waals surface area contributed by atoms with Crippen LogP contribution in [0.15, 0.2) is 29.3 Å². The van der Waals surface area contributed by atoms with E-state index in [1.54, 1.807) is 12.3 Å². The molecular weight excluding hydrogens is 250 g/mol. The topological polar surface area (TPSA) is 52.8 Å². The predicted molar refractivity (Wildman–Crippen MR) is 73.3 cm³/mol. The van der Waals surface area contributed by atoms with E-state index in [0.29, 0.717) is 17.9 Å². The summed E-state index contributed by atoms with van der Waals surface area (Å²) in [4.78, 5) is 4.23. The number of nitrogens with zero attached hydrogens (tertiary/aromatic N) is 1. The minimum atomic E-state index is -1.06. The summed E-state index contributed by atoms with van der Waals surface area (Å²) in [5.41, 5.74) is -0.163. The smallest absolute Gasteiger partial charge is 0.110 e. The Kier molecular flexibility index (Phi) is 4.38. The van der Waals surface area contributed by atoms with Gasteiger partial charge in [0.25, 0.3) is 0 Å². The second-order valence-electron chi connectivity index (χ2n) is 4.89. The van der Waals surface area contributed by atoms with Crippen molar-refractivity contribution in [3.63, 3.8) is 0 Å². The van der Waals surface area contributed by atoms with Gasteiger partial charge >= 0.3 is 0 Å². The van der Waals surface area contributed by atoms with Gasteiger partial charge in [0, 0.05) is 11.2 Å². The molecule has 2 N–H and O–H groups in total. The quantitative estimate of drug-likeness (QED) is 0.827. The number of hydrogen-bond acceptors (Lipinski definition) is 3. The minimum Gasteiger partial charge on any atom is -0.390 e. The molecule has 2 atom stereocenters. The predicted octanol–water partition coefficient (Wildman–Crippen LogP) is 2.42. The summed E-state index contributed by atoms with van der Waals surface area (Å²) in [5.74, 6) is 0. The van der Waals surface area contributed by atoms with Gasteiger partial charge in [-0.1, -0.05) is 36.6 Å². The van der Waals surface area contributed by atoms with E-state index in [9.17, 15) is 10.2 Å². The van der Waals surface area contributed by atoms with Crippen LogP contribution in [0.1, 0.15) is 31.2 Å². The zero-order valence-electron chi connectivity index (χ0n) is 10.2. The van der Waals surface area contributed by atoms with Crippen LogP contribution in [0, 0.1) is 0 Å². The number of halogens is 1. The molecule has 4 heteroatoms. The first-order valence-electron chi connectivity index (χ1n) is 6.26. The molecule has 0 amide bonds. The van der Waals surface area contributed by atoms with Crippen molar-refractivity contribution in [3.05, 3.63) is 34.9 Å².